The zero-order valence-corrected chi connectivity index (χ0v) is 13.9. The number of sulfonamides is 1. The summed E-state index contributed by atoms with van der Waals surface area (Å²) in [6, 6.07) is 5.88. The molecule has 0 unspecified atom stereocenters. The molecule has 3 aromatic rings. The second-order valence-corrected chi connectivity index (χ2v) is 6.95. The molecule has 0 saturated carbocycles. The van der Waals surface area contributed by atoms with Crippen molar-refractivity contribution < 1.29 is 13.5 Å². The highest BCUT2D eigenvalue weighted by Gasteiger charge is 2.24. The fourth-order valence-electron chi connectivity index (χ4n) is 1.84. The molecule has 11 heteroatoms. The highest BCUT2D eigenvalue weighted by atomic mass is 35.5. The number of halogens is 2. The first-order valence-electron chi connectivity index (χ1n) is 6.18. The lowest BCUT2D eigenvalue weighted by molar-refractivity contribution is 0.432. The molecule has 0 spiro atoms. The van der Waals surface area contributed by atoms with Gasteiger partial charge in [0.15, 0.2) is 0 Å². The molecule has 0 fully saturated rings. The third kappa shape index (κ3) is 2.90. The molecule has 23 heavy (non-hydrogen) atoms. The summed E-state index contributed by atoms with van der Waals surface area (Å²) >= 11 is 11.9. The Labute approximate surface area is 140 Å². The summed E-state index contributed by atoms with van der Waals surface area (Å²) in [5.41, 5.74) is 0.483. The van der Waals surface area contributed by atoms with Crippen LogP contribution >= 0.6 is 23.2 Å². The zero-order chi connectivity index (χ0) is 16.8. The highest BCUT2D eigenvalue weighted by molar-refractivity contribution is 7.92. The maximum Gasteiger partial charge on any atom is 0.299 e. The van der Waals surface area contributed by atoms with E-state index in [2.05, 4.69) is 19.8 Å². The molecule has 2 N–H and O–H groups in total. The van der Waals surface area contributed by atoms with Gasteiger partial charge in [-0.1, -0.05) is 29.3 Å². The molecule has 0 aliphatic carbocycles. The van der Waals surface area contributed by atoms with Gasteiger partial charge in [0.2, 0.25) is 5.88 Å². The van der Waals surface area contributed by atoms with Crippen LogP contribution in [-0.4, -0.2) is 33.1 Å². The van der Waals surface area contributed by atoms with Gasteiger partial charge in [-0.25, -0.2) is 4.98 Å². The van der Waals surface area contributed by atoms with Crippen LogP contribution in [0, 0.1) is 6.92 Å². The molecule has 8 nitrogen and oxygen atoms in total. The maximum atomic E-state index is 12.4. The third-order valence-electron chi connectivity index (χ3n) is 2.84. The number of hydrogen-bond donors (Lipinski definition) is 2. The molecule has 0 aliphatic heterocycles. The lowest BCUT2D eigenvalue weighted by Gasteiger charge is -2.08. The van der Waals surface area contributed by atoms with Crippen LogP contribution in [0.5, 0.6) is 5.88 Å². The maximum absolute atomic E-state index is 12.4. The van der Waals surface area contributed by atoms with Gasteiger partial charge in [0, 0.05) is 11.8 Å². The number of fused-ring (bicyclic) bond motifs is 1. The number of aryl methyl sites for hydroxylation is 1. The Balaban J connectivity index is 2.08. The first-order chi connectivity index (χ1) is 10.8. The molecule has 0 saturated heterocycles. The lowest BCUT2D eigenvalue weighted by Crippen LogP contribution is -2.15. The van der Waals surface area contributed by atoms with E-state index in [4.69, 9.17) is 23.2 Å². The van der Waals surface area contributed by atoms with E-state index >= 15 is 0 Å². The molecule has 3 rings (SSSR count). The van der Waals surface area contributed by atoms with Crippen molar-refractivity contribution in [1.29, 1.82) is 0 Å². The molecule has 0 aliphatic rings. The van der Waals surface area contributed by atoms with Crippen molar-refractivity contribution in [2.45, 2.75) is 12.1 Å². The van der Waals surface area contributed by atoms with Gasteiger partial charge in [-0.3, -0.25) is 4.72 Å². The Morgan fingerprint density at radius 2 is 1.87 bits per heavy atom. The average Bonchev–Trinajstić information content (AvgIpc) is 2.88. The van der Waals surface area contributed by atoms with E-state index in [9.17, 15) is 13.5 Å². The number of nitrogens with zero attached hydrogens (tertiary/aromatic N) is 4. The second kappa shape index (κ2) is 5.52. The number of benzene rings is 1. The second-order valence-electron chi connectivity index (χ2n) is 4.56. The topological polar surface area (TPSA) is 109 Å². The fourth-order valence-corrected chi connectivity index (χ4v) is 3.41. The lowest BCUT2D eigenvalue weighted by atomic mass is 10.3. The number of anilines is 1. The Bertz CT molecular complexity index is 999. The van der Waals surface area contributed by atoms with Crippen LogP contribution in [0.4, 0.5) is 5.69 Å². The van der Waals surface area contributed by atoms with Crippen molar-refractivity contribution in [3.8, 4) is 5.88 Å². The van der Waals surface area contributed by atoms with E-state index in [-0.39, 0.29) is 27.4 Å². The van der Waals surface area contributed by atoms with Crippen molar-refractivity contribution >= 4 is 44.7 Å². The normalized spacial score (nSPS) is 11.8. The largest absolute Gasteiger partial charge is 0.493 e. The summed E-state index contributed by atoms with van der Waals surface area (Å²) in [6.07, 6.45) is 0. The van der Waals surface area contributed by atoms with Crippen LogP contribution in [0.2, 0.25) is 10.0 Å². The standard InChI is InChI=1S/C12H9Cl2N5O3S/c1-6-5-9(20)19-11(15-6)16-12(17-19)23(21,22)18-10-7(13)3-2-4-8(10)14/h2-5,18,20H,1H3. The Kier molecular flexibility index (Phi) is 3.78. The quantitative estimate of drug-likeness (QED) is 0.728. The van der Waals surface area contributed by atoms with E-state index in [0.717, 1.165) is 4.52 Å². The Hall–Kier alpha value is -2.10. The van der Waals surface area contributed by atoms with E-state index in [1.165, 1.54) is 18.2 Å². The number of hydrogen-bond acceptors (Lipinski definition) is 6. The van der Waals surface area contributed by atoms with Crippen LogP contribution in [0.15, 0.2) is 29.4 Å². The van der Waals surface area contributed by atoms with E-state index in [1.54, 1.807) is 13.0 Å². The first-order valence-corrected chi connectivity index (χ1v) is 8.42. The number of aromatic nitrogens is 4. The van der Waals surface area contributed by atoms with Gasteiger partial charge in [-0.2, -0.15) is 17.9 Å². The van der Waals surface area contributed by atoms with Gasteiger partial charge in [-0.15, -0.1) is 5.10 Å². The SMILES string of the molecule is Cc1cc(O)n2nc(S(=O)(=O)Nc3c(Cl)cccc3Cl)nc2n1. The summed E-state index contributed by atoms with van der Waals surface area (Å²) in [6.45, 7) is 1.63. The van der Waals surface area contributed by atoms with Gasteiger partial charge in [-0.05, 0) is 19.1 Å². The highest BCUT2D eigenvalue weighted by Crippen LogP contribution is 2.31. The number of para-hydroxylation sites is 1. The molecule has 2 aromatic heterocycles. The van der Waals surface area contributed by atoms with Crippen LogP contribution in [-0.2, 0) is 10.0 Å². The van der Waals surface area contributed by atoms with Crippen LogP contribution in [0.3, 0.4) is 0 Å². The van der Waals surface area contributed by atoms with E-state index in [1.807, 2.05) is 0 Å². The van der Waals surface area contributed by atoms with Crippen molar-refractivity contribution in [1.82, 2.24) is 19.6 Å². The third-order valence-corrected chi connectivity index (χ3v) is 4.60. The molecule has 0 radical (unpaired) electrons. The molecule has 2 heterocycles. The van der Waals surface area contributed by atoms with Crippen LogP contribution in [0.1, 0.15) is 5.69 Å². The van der Waals surface area contributed by atoms with Gasteiger partial charge in [0.1, 0.15) is 0 Å². The molecular formula is C12H9Cl2N5O3S. The minimum absolute atomic E-state index is 0.0167. The predicted octanol–water partition coefficient (Wildman–Crippen LogP) is 2.25. The Morgan fingerprint density at radius 3 is 2.52 bits per heavy atom. The number of aromatic hydroxyl groups is 1. The molecular weight excluding hydrogens is 365 g/mol. The van der Waals surface area contributed by atoms with Crippen molar-refractivity contribution in [3.63, 3.8) is 0 Å². The van der Waals surface area contributed by atoms with Crippen LogP contribution < -0.4 is 4.72 Å². The zero-order valence-electron chi connectivity index (χ0n) is 11.5. The summed E-state index contributed by atoms with van der Waals surface area (Å²) < 4.78 is 27.9. The smallest absolute Gasteiger partial charge is 0.299 e. The number of rotatable bonds is 3. The monoisotopic (exact) mass is 373 g/mol. The minimum Gasteiger partial charge on any atom is -0.493 e. The Morgan fingerprint density at radius 1 is 1.22 bits per heavy atom. The van der Waals surface area contributed by atoms with Crippen LogP contribution in [0.25, 0.3) is 5.78 Å². The van der Waals surface area contributed by atoms with Crippen molar-refractivity contribution in [2.24, 2.45) is 0 Å². The minimum atomic E-state index is -4.16. The van der Waals surface area contributed by atoms with E-state index in [0.29, 0.717) is 5.69 Å². The molecule has 1 aromatic carbocycles. The van der Waals surface area contributed by atoms with Crippen molar-refractivity contribution in [2.75, 3.05) is 4.72 Å². The molecule has 0 amide bonds. The predicted molar refractivity (Wildman–Crippen MR) is 84.5 cm³/mol. The fraction of sp³-hybridized carbons (Fsp3) is 0.0833. The van der Waals surface area contributed by atoms with E-state index < -0.39 is 15.2 Å². The average molecular weight is 374 g/mol. The molecule has 120 valence electrons. The molecule has 0 atom stereocenters. The molecule has 0 bridgehead atoms. The van der Waals surface area contributed by atoms with Gasteiger partial charge in [0.25, 0.3) is 21.0 Å². The van der Waals surface area contributed by atoms with Gasteiger partial charge >= 0.3 is 0 Å². The van der Waals surface area contributed by atoms with Gasteiger partial charge in [0.05, 0.1) is 15.7 Å². The summed E-state index contributed by atoms with van der Waals surface area (Å²) in [4.78, 5) is 7.80. The van der Waals surface area contributed by atoms with Crippen molar-refractivity contribution in [3.05, 3.63) is 40.0 Å². The summed E-state index contributed by atoms with van der Waals surface area (Å²) in [5.74, 6) is -0.328. The summed E-state index contributed by atoms with van der Waals surface area (Å²) in [5, 5.41) is 13.2. The number of nitrogens with one attached hydrogen (secondary N) is 1. The first kappa shape index (κ1) is 15.8. The van der Waals surface area contributed by atoms with Gasteiger partial charge < -0.3 is 5.11 Å². The summed E-state index contributed by atoms with van der Waals surface area (Å²) in [7, 11) is -4.16.